The number of imidazole rings is 1. The average Bonchev–Trinajstić information content (AvgIpc) is 2.95. The summed E-state index contributed by atoms with van der Waals surface area (Å²) in [5, 5.41) is 0. The Morgan fingerprint density at radius 2 is 1.77 bits per heavy atom. The Labute approximate surface area is 132 Å². The quantitative estimate of drug-likeness (QED) is 0.846. The molecule has 0 amide bonds. The molecule has 1 aromatic carbocycles. The van der Waals surface area contributed by atoms with E-state index in [-0.39, 0.29) is 0 Å². The molecule has 0 atom stereocenters. The number of piperazine rings is 1. The highest BCUT2D eigenvalue weighted by Gasteiger charge is 2.17. The summed E-state index contributed by atoms with van der Waals surface area (Å²) >= 11 is 0. The molecular formula is C18H24N4. The van der Waals surface area contributed by atoms with Crippen LogP contribution in [0.25, 0.3) is 6.08 Å². The second kappa shape index (κ2) is 7.38. The van der Waals surface area contributed by atoms with Gasteiger partial charge in [-0.15, -0.1) is 0 Å². The fourth-order valence-electron chi connectivity index (χ4n) is 2.78. The van der Waals surface area contributed by atoms with Crippen LogP contribution in [0.15, 0.2) is 48.8 Å². The minimum atomic E-state index is 0.956. The lowest BCUT2D eigenvalue weighted by molar-refractivity contribution is 0.134. The monoisotopic (exact) mass is 296 g/mol. The van der Waals surface area contributed by atoms with E-state index in [0.29, 0.717) is 0 Å². The number of benzene rings is 1. The molecule has 1 aliphatic heterocycles. The van der Waals surface area contributed by atoms with Crippen LogP contribution in [0.5, 0.6) is 0 Å². The third-order valence-corrected chi connectivity index (χ3v) is 4.22. The molecular weight excluding hydrogens is 272 g/mol. The van der Waals surface area contributed by atoms with Crippen LogP contribution in [0, 0.1) is 0 Å². The fourth-order valence-corrected chi connectivity index (χ4v) is 2.78. The smallest absolute Gasteiger partial charge is 0.122 e. The number of aryl methyl sites for hydroxylation is 1. The molecule has 0 bridgehead atoms. The molecule has 1 aliphatic rings. The molecule has 1 aromatic heterocycles. The van der Waals surface area contributed by atoms with Crippen LogP contribution in [0.4, 0.5) is 0 Å². The minimum Gasteiger partial charge on any atom is -0.337 e. The second-order valence-electron chi connectivity index (χ2n) is 5.84. The van der Waals surface area contributed by atoms with Gasteiger partial charge in [0.05, 0.1) is 6.54 Å². The molecule has 0 radical (unpaired) electrons. The molecule has 1 saturated heterocycles. The Morgan fingerprint density at radius 1 is 1.05 bits per heavy atom. The van der Waals surface area contributed by atoms with Gasteiger partial charge in [0.1, 0.15) is 5.82 Å². The van der Waals surface area contributed by atoms with Crippen molar-refractivity contribution in [2.75, 3.05) is 32.7 Å². The van der Waals surface area contributed by atoms with Crippen molar-refractivity contribution in [1.82, 2.24) is 19.4 Å². The van der Waals surface area contributed by atoms with Gasteiger partial charge in [0, 0.05) is 52.2 Å². The number of rotatable bonds is 5. The second-order valence-corrected chi connectivity index (χ2v) is 5.84. The Hall–Kier alpha value is -1.91. The van der Waals surface area contributed by atoms with Crippen LogP contribution < -0.4 is 0 Å². The topological polar surface area (TPSA) is 24.3 Å². The van der Waals surface area contributed by atoms with Gasteiger partial charge in [-0.3, -0.25) is 9.80 Å². The summed E-state index contributed by atoms with van der Waals surface area (Å²) in [7, 11) is 2.06. The zero-order valence-electron chi connectivity index (χ0n) is 13.2. The predicted octanol–water partition coefficient (Wildman–Crippen LogP) is 2.25. The summed E-state index contributed by atoms with van der Waals surface area (Å²) in [5.74, 6) is 1.15. The molecule has 1 fully saturated rings. The summed E-state index contributed by atoms with van der Waals surface area (Å²) in [6.45, 7) is 6.48. The molecule has 4 heteroatoms. The molecule has 22 heavy (non-hydrogen) atoms. The predicted molar refractivity (Wildman–Crippen MR) is 90.4 cm³/mol. The Bertz CT molecular complexity index is 595. The molecule has 0 aliphatic carbocycles. The zero-order chi connectivity index (χ0) is 15.2. The van der Waals surface area contributed by atoms with E-state index in [1.54, 1.807) is 0 Å². The summed E-state index contributed by atoms with van der Waals surface area (Å²) in [6, 6.07) is 10.5. The van der Waals surface area contributed by atoms with Crippen molar-refractivity contribution in [1.29, 1.82) is 0 Å². The maximum Gasteiger partial charge on any atom is 0.122 e. The Kier molecular flexibility index (Phi) is 5.03. The molecule has 0 spiro atoms. The molecule has 2 aromatic rings. The highest BCUT2D eigenvalue weighted by molar-refractivity contribution is 5.48. The van der Waals surface area contributed by atoms with Crippen LogP contribution >= 0.6 is 0 Å². The maximum atomic E-state index is 4.41. The molecule has 0 unspecified atom stereocenters. The van der Waals surface area contributed by atoms with Gasteiger partial charge >= 0.3 is 0 Å². The maximum absolute atomic E-state index is 4.41. The first-order valence-electron chi connectivity index (χ1n) is 7.94. The third kappa shape index (κ3) is 4.06. The van der Waals surface area contributed by atoms with Gasteiger partial charge in [-0.05, 0) is 5.56 Å². The van der Waals surface area contributed by atoms with Gasteiger partial charge < -0.3 is 4.57 Å². The molecule has 3 rings (SSSR count). The van der Waals surface area contributed by atoms with Crippen LogP contribution in [0.1, 0.15) is 11.4 Å². The van der Waals surface area contributed by atoms with E-state index in [0.717, 1.165) is 45.1 Å². The summed E-state index contributed by atoms with van der Waals surface area (Å²) in [5.41, 5.74) is 1.27. The number of nitrogens with zero attached hydrogens (tertiary/aromatic N) is 4. The van der Waals surface area contributed by atoms with Crippen molar-refractivity contribution in [2.45, 2.75) is 6.54 Å². The lowest BCUT2D eigenvalue weighted by Gasteiger charge is -2.33. The average molecular weight is 296 g/mol. The lowest BCUT2D eigenvalue weighted by Crippen LogP contribution is -2.46. The molecule has 116 valence electrons. The van der Waals surface area contributed by atoms with Crippen molar-refractivity contribution in [2.24, 2.45) is 7.05 Å². The van der Waals surface area contributed by atoms with Gasteiger partial charge in [-0.25, -0.2) is 4.98 Å². The van der Waals surface area contributed by atoms with Gasteiger partial charge in [-0.1, -0.05) is 42.5 Å². The van der Waals surface area contributed by atoms with E-state index in [2.05, 4.69) is 68.9 Å². The molecule has 2 heterocycles. The first-order valence-corrected chi connectivity index (χ1v) is 7.94. The SMILES string of the molecule is Cn1ccnc1CN1CCN(C/C=C\c2ccccc2)CC1. The van der Waals surface area contributed by atoms with Crippen molar-refractivity contribution in [3.05, 3.63) is 60.2 Å². The van der Waals surface area contributed by atoms with Gasteiger partial charge in [-0.2, -0.15) is 0 Å². The highest BCUT2D eigenvalue weighted by atomic mass is 15.3. The largest absolute Gasteiger partial charge is 0.337 e. The van der Waals surface area contributed by atoms with Crippen molar-refractivity contribution >= 4 is 6.08 Å². The van der Waals surface area contributed by atoms with Crippen molar-refractivity contribution in [3.63, 3.8) is 0 Å². The normalized spacial score (nSPS) is 17.3. The van der Waals surface area contributed by atoms with E-state index in [4.69, 9.17) is 0 Å². The van der Waals surface area contributed by atoms with E-state index in [1.165, 1.54) is 5.56 Å². The summed E-state index contributed by atoms with van der Waals surface area (Å²) in [6.07, 6.45) is 8.37. The highest BCUT2D eigenvalue weighted by Crippen LogP contribution is 2.07. The first-order chi connectivity index (χ1) is 10.8. The molecule has 0 N–H and O–H groups in total. The van der Waals surface area contributed by atoms with E-state index >= 15 is 0 Å². The van der Waals surface area contributed by atoms with Gasteiger partial charge in [0.2, 0.25) is 0 Å². The van der Waals surface area contributed by atoms with E-state index in [9.17, 15) is 0 Å². The van der Waals surface area contributed by atoms with Gasteiger partial charge in [0.15, 0.2) is 0 Å². The zero-order valence-corrected chi connectivity index (χ0v) is 13.2. The summed E-state index contributed by atoms with van der Waals surface area (Å²) in [4.78, 5) is 9.40. The molecule has 4 nitrogen and oxygen atoms in total. The number of aromatic nitrogens is 2. The van der Waals surface area contributed by atoms with E-state index in [1.807, 2.05) is 12.4 Å². The standard InChI is InChI=1S/C18H24N4/c1-20-11-9-19-18(20)16-22-14-12-21(13-15-22)10-5-8-17-6-3-2-4-7-17/h2-9,11H,10,12-16H2,1H3/b8-5-. The van der Waals surface area contributed by atoms with Crippen molar-refractivity contribution < 1.29 is 0 Å². The Morgan fingerprint density at radius 3 is 2.45 bits per heavy atom. The van der Waals surface area contributed by atoms with Crippen LogP contribution in [-0.2, 0) is 13.6 Å². The van der Waals surface area contributed by atoms with E-state index < -0.39 is 0 Å². The summed E-state index contributed by atoms with van der Waals surface area (Å²) < 4.78 is 2.11. The van der Waals surface area contributed by atoms with Crippen LogP contribution in [0.3, 0.4) is 0 Å². The van der Waals surface area contributed by atoms with Crippen molar-refractivity contribution in [3.8, 4) is 0 Å². The molecule has 0 saturated carbocycles. The minimum absolute atomic E-state index is 0.956. The first kappa shape index (κ1) is 15.0. The lowest BCUT2D eigenvalue weighted by atomic mass is 10.2. The fraction of sp³-hybridized carbons (Fsp3) is 0.389. The number of hydrogen-bond acceptors (Lipinski definition) is 3. The number of hydrogen-bond donors (Lipinski definition) is 0. The van der Waals surface area contributed by atoms with Crippen LogP contribution in [-0.4, -0.2) is 52.1 Å². The Balaban J connectivity index is 1.42. The van der Waals surface area contributed by atoms with Crippen LogP contribution in [0.2, 0.25) is 0 Å². The van der Waals surface area contributed by atoms with Gasteiger partial charge in [0.25, 0.3) is 0 Å². The third-order valence-electron chi connectivity index (χ3n) is 4.22.